The highest BCUT2D eigenvalue weighted by atomic mass is 16.5. The molecule has 26 heavy (non-hydrogen) atoms. The Balaban J connectivity index is 1.80. The molecule has 0 fully saturated rings. The number of oxazole rings is 1. The number of hydrogen-bond donors (Lipinski definition) is 1. The van der Waals surface area contributed by atoms with E-state index in [0.29, 0.717) is 22.8 Å². The number of hydrogen-bond acceptors (Lipinski definition) is 5. The summed E-state index contributed by atoms with van der Waals surface area (Å²) >= 11 is 0. The van der Waals surface area contributed by atoms with Crippen LogP contribution in [0.3, 0.4) is 0 Å². The van der Waals surface area contributed by atoms with Gasteiger partial charge in [0.05, 0.1) is 25.3 Å². The molecule has 0 saturated heterocycles. The molecule has 0 atom stereocenters. The lowest BCUT2D eigenvalue weighted by atomic mass is 10.1. The first-order valence-corrected chi connectivity index (χ1v) is 8.14. The first kappa shape index (κ1) is 17.4. The van der Waals surface area contributed by atoms with Crippen LogP contribution in [-0.2, 0) is 9.53 Å². The van der Waals surface area contributed by atoms with Gasteiger partial charge in [-0.2, -0.15) is 0 Å². The van der Waals surface area contributed by atoms with Gasteiger partial charge in [0.15, 0.2) is 5.76 Å². The monoisotopic (exact) mass is 350 g/mol. The van der Waals surface area contributed by atoms with Crippen molar-refractivity contribution in [3.63, 3.8) is 0 Å². The number of rotatable bonds is 6. The van der Waals surface area contributed by atoms with Gasteiger partial charge in [-0.1, -0.05) is 42.5 Å². The van der Waals surface area contributed by atoms with Crippen molar-refractivity contribution in [1.82, 2.24) is 10.3 Å². The topological polar surface area (TPSA) is 81.4 Å². The molecule has 0 spiro atoms. The standard InChI is InChI=1S/C20H18N2O4/c1-25-18(23)11-12-21-19(24)15-9-5-6-10-16(15)20-22-13-17(26-20)14-7-3-2-4-8-14/h2-10,13H,11-12H2,1H3,(H,21,24). The average molecular weight is 350 g/mol. The summed E-state index contributed by atoms with van der Waals surface area (Å²) in [5.74, 6) is 0.312. The summed E-state index contributed by atoms with van der Waals surface area (Å²) in [6, 6.07) is 16.7. The first-order valence-electron chi connectivity index (χ1n) is 8.14. The van der Waals surface area contributed by atoms with E-state index in [1.165, 1.54) is 7.11 Å². The van der Waals surface area contributed by atoms with Gasteiger partial charge < -0.3 is 14.5 Å². The summed E-state index contributed by atoms with van der Waals surface area (Å²) in [7, 11) is 1.31. The summed E-state index contributed by atoms with van der Waals surface area (Å²) in [4.78, 5) is 27.9. The van der Waals surface area contributed by atoms with Gasteiger partial charge in [0.1, 0.15) is 0 Å². The van der Waals surface area contributed by atoms with Crippen molar-refractivity contribution in [1.29, 1.82) is 0 Å². The van der Waals surface area contributed by atoms with Crippen LogP contribution >= 0.6 is 0 Å². The molecule has 1 aromatic heterocycles. The van der Waals surface area contributed by atoms with Crippen molar-refractivity contribution in [2.24, 2.45) is 0 Å². The number of carbonyl (C=O) groups is 2. The second-order valence-electron chi connectivity index (χ2n) is 5.52. The SMILES string of the molecule is COC(=O)CCNC(=O)c1ccccc1-c1ncc(-c2ccccc2)o1. The van der Waals surface area contributed by atoms with Crippen LogP contribution in [0.4, 0.5) is 0 Å². The molecule has 1 heterocycles. The van der Waals surface area contributed by atoms with Crippen LogP contribution in [0.2, 0.25) is 0 Å². The molecule has 2 aromatic carbocycles. The summed E-state index contributed by atoms with van der Waals surface area (Å²) in [5.41, 5.74) is 1.93. The van der Waals surface area contributed by atoms with Gasteiger partial charge in [-0.25, -0.2) is 4.98 Å². The van der Waals surface area contributed by atoms with E-state index < -0.39 is 0 Å². The summed E-state index contributed by atoms with van der Waals surface area (Å²) in [6.07, 6.45) is 1.75. The van der Waals surface area contributed by atoms with Gasteiger partial charge in [0.2, 0.25) is 5.89 Å². The zero-order valence-electron chi connectivity index (χ0n) is 14.3. The largest absolute Gasteiger partial charge is 0.469 e. The number of nitrogens with one attached hydrogen (secondary N) is 1. The average Bonchev–Trinajstić information content (AvgIpc) is 3.18. The molecule has 0 aliphatic rings. The van der Waals surface area contributed by atoms with Crippen molar-refractivity contribution in [3.8, 4) is 22.8 Å². The van der Waals surface area contributed by atoms with Crippen LogP contribution in [0, 0.1) is 0 Å². The third kappa shape index (κ3) is 3.97. The summed E-state index contributed by atoms with van der Waals surface area (Å²) < 4.78 is 10.4. The molecule has 3 aromatic rings. The molecule has 0 aliphatic carbocycles. The molecule has 0 radical (unpaired) electrons. The molecular weight excluding hydrogens is 332 g/mol. The number of amides is 1. The highest BCUT2D eigenvalue weighted by Crippen LogP contribution is 2.28. The van der Waals surface area contributed by atoms with Gasteiger partial charge in [-0.05, 0) is 12.1 Å². The Labute approximate surface area is 150 Å². The number of carbonyl (C=O) groups excluding carboxylic acids is 2. The lowest BCUT2D eigenvalue weighted by Gasteiger charge is -2.07. The van der Waals surface area contributed by atoms with Gasteiger partial charge in [0.25, 0.3) is 5.91 Å². The van der Waals surface area contributed by atoms with E-state index in [2.05, 4.69) is 15.0 Å². The maximum atomic E-state index is 12.5. The summed E-state index contributed by atoms with van der Waals surface area (Å²) in [5, 5.41) is 2.70. The lowest BCUT2D eigenvalue weighted by molar-refractivity contribution is -0.140. The van der Waals surface area contributed by atoms with Crippen LogP contribution in [-0.4, -0.2) is 30.5 Å². The second-order valence-corrected chi connectivity index (χ2v) is 5.52. The Kier molecular flexibility index (Phi) is 5.43. The van der Waals surface area contributed by atoms with Crippen LogP contribution in [0.1, 0.15) is 16.8 Å². The van der Waals surface area contributed by atoms with Crippen molar-refractivity contribution in [3.05, 3.63) is 66.4 Å². The molecule has 0 bridgehead atoms. The summed E-state index contributed by atoms with van der Waals surface area (Å²) in [6.45, 7) is 0.195. The Morgan fingerprint density at radius 3 is 2.58 bits per heavy atom. The normalized spacial score (nSPS) is 10.3. The highest BCUT2D eigenvalue weighted by molar-refractivity contribution is 6.00. The highest BCUT2D eigenvalue weighted by Gasteiger charge is 2.17. The van der Waals surface area contributed by atoms with Gasteiger partial charge in [-0.3, -0.25) is 9.59 Å². The Hall–Kier alpha value is -3.41. The first-order chi connectivity index (χ1) is 12.7. The molecule has 6 nitrogen and oxygen atoms in total. The third-order valence-corrected chi connectivity index (χ3v) is 3.81. The Morgan fingerprint density at radius 1 is 1.08 bits per heavy atom. The molecule has 1 amide bonds. The number of nitrogens with zero attached hydrogens (tertiary/aromatic N) is 1. The maximum Gasteiger partial charge on any atom is 0.307 e. The molecule has 6 heteroatoms. The fraction of sp³-hybridized carbons (Fsp3) is 0.150. The minimum atomic E-state index is -0.376. The fourth-order valence-corrected chi connectivity index (χ4v) is 2.48. The van der Waals surface area contributed by atoms with E-state index in [-0.39, 0.29) is 24.8 Å². The smallest absolute Gasteiger partial charge is 0.307 e. The molecule has 0 unspecified atom stereocenters. The molecule has 1 N–H and O–H groups in total. The third-order valence-electron chi connectivity index (χ3n) is 3.81. The van der Waals surface area contributed by atoms with E-state index in [1.54, 1.807) is 24.4 Å². The maximum absolute atomic E-state index is 12.5. The number of ether oxygens (including phenoxy) is 1. The minimum absolute atomic E-state index is 0.113. The molecular formula is C20H18N2O4. The molecule has 3 rings (SSSR count). The molecule has 0 aliphatic heterocycles. The van der Waals surface area contributed by atoms with E-state index >= 15 is 0 Å². The fourth-order valence-electron chi connectivity index (χ4n) is 2.48. The van der Waals surface area contributed by atoms with Crippen LogP contribution < -0.4 is 5.32 Å². The van der Waals surface area contributed by atoms with Crippen LogP contribution in [0.25, 0.3) is 22.8 Å². The van der Waals surface area contributed by atoms with E-state index in [9.17, 15) is 9.59 Å². The minimum Gasteiger partial charge on any atom is -0.469 e. The molecule has 132 valence electrons. The number of aromatic nitrogens is 1. The van der Waals surface area contributed by atoms with Gasteiger partial charge >= 0.3 is 5.97 Å². The van der Waals surface area contributed by atoms with Crippen LogP contribution in [0.15, 0.2) is 65.2 Å². The van der Waals surface area contributed by atoms with Crippen molar-refractivity contribution < 1.29 is 18.7 Å². The van der Waals surface area contributed by atoms with Gasteiger partial charge in [0, 0.05) is 17.7 Å². The van der Waals surface area contributed by atoms with Crippen molar-refractivity contribution in [2.45, 2.75) is 6.42 Å². The molecule has 0 saturated carbocycles. The predicted octanol–water partition coefficient (Wildman–Crippen LogP) is 3.30. The zero-order chi connectivity index (χ0) is 18.4. The van der Waals surface area contributed by atoms with E-state index in [4.69, 9.17) is 4.42 Å². The van der Waals surface area contributed by atoms with Gasteiger partial charge in [-0.15, -0.1) is 0 Å². The van der Waals surface area contributed by atoms with E-state index in [1.807, 2.05) is 36.4 Å². The van der Waals surface area contributed by atoms with Crippen molar-refractivity contribution in [2.75, 3.05) is 13.7 Å². The second kappa shape index (κ2) is 8.11. The zero-order valence-corrected chi connectivity index (χ0v) is 14.3. The quantitative estimate of drug-likeness (QED) is 0.690. The Morgan fingerprint density at radius 2 is 1.81 bits per heavy atom. The number of esters is 1. The predicted molar refractivity (Wildman–Crippen MR) is 96.3 cm³/mol. The van der Waals surface area contributed by atoms with Crippen LogP contribution in [0.5, 0.6) is 0 Å². The Bertz CT molecular complexity index is 903. The number of methoxy groups -OCH3 is 1. The van der Waals surface area contributed by atoms with Crippen molar-refractivity contribution >= 4 is 11.9 Å². The lowest BCUT2D eigenvalue weighted by Crippen LogP contribution is -2.26. The van der Waals surface area contributed by atoms with E-state index in [0.717, 1.165) is 5.56 Å². The number of benzene rings is 2.